The van der Waals surface area contributed by atoms with Crippen LogP contribution in [-0.2, 0) is 9.59 Å². The summed E-state index contributed by atoms with van der Waals surface area (Å²) >= 11 is 1.93. The molecule has 6 nitrogen and oxygen atoms in total. The van der Waals surface area contributed by atoms with Crippen molar-refractivity contribution in [3.63, 3.8) is 0 Å². The molecule has 0 radical (unpaired) electrons. The third-order valence-electron chi connectivity index (χ3n) is 5.72. The van der Waals surface area contributed by atoms with Crippen LogP contribution < -0.4 is 5.32 Å². The van der Waals surface area contributed by atoms with E-state index in [1.54, 1.807) is 0 Å². The zero-order chi connectivity index (χ0) is 18.5. The van der Waals surface area contributed by atoms with E-state index in [4.69, 9.17) is 0 Å². The fraction of sp³-hybridized carbons (Fsp3) is 0.895. The second-order valence-corrected chi connectivity index (χ2v) is 9.48. The molecule has 3 aliphatic rings. The van der Waals surface area contributed by atoms with Gasteiger partial charge in [0.15, 0.2) is 0 Å². The molecule has 0 aromatic rings. The van der Waals surface area contributed by atoms with Crippen LogP contribution in [0.3, 0.4) is 0 Å². The molecule has 3 saturated heterocycles. The average molecular weight is 383 g/mol. The number of piperidine rings is 1. The monoisotopic (exact) mass is 382 g/mol. The van der Waals surface area contributed by atoms with Crippen molar-refractivity contribution >= 4 is 23.6 Å². The van der Waals surface area contributed by atoms with Crippen LogP contribution in [0.25, 0.3) is 0 Å². The second kappa shape index (κ2) is 9.42. The van der Waals surface area contributed by atoms with Gasteiger partial charge in [0.2, 0.25) is 11.8 Å². The predicted octanol–water partition coefficient (Wildman–Crippen LogP) is 0.730. The Labute approximate surface area is 162 Å². The molecule has 0 saturated carbocycles. The van der Waals surface area contributed by atoms with Crippen molar-refractivity contribution in [3.05, 3.63) is 0 Å². The normalized spacial score (nSPS) is 31.1. The Morgan fingerprint density at radius 2 is 1.69 bits per heavy atom. The van der Waals surface area contributed by atoms with Crippen LogP contribution in [0.5, 0.6) is 0 Å². The van der Waals surface area contributed by atoms with E-state index in [0.29, 0.717) is 30.8 Å². The lowest BCUT2D eigenvalue weighted by atomic mass is 9.92. The van der Waals surface area contributed by atoms with Crippen molar-refractivity contribution in [1.82, 2.24) is 20.0 Å². The van der Waals surface area contributed by atoms with Crippen LogP contribution >= 0.6 is 11.8 Å². The molecule has 7 heteroatoms. The third-order valence-corrected chi connectivity index (χ3v) is 6.86. The van der Waals surface area contributed by atoms with Crippen molar-refractivity contribution in [2.75, 3.05) is 63.9 Å². The first kappa shape index (κ1) is 20.0. The Balaban J connectivity index is 1.39. The highest BCUT2D eigenvalue weighted by Crippen LogP contribution is 2.21. The number of hydrogen-bond acceptors (Lipinski definition) is 5. The lowest BCUT2D eigenvalue weighted by Crippen LogP contribution is -2.53. The van der Waals surface area contributed by atoms with E-state index in [-0.39, 0.29) is 11.8 Å². The number of carbonyl (C=O) groups excluding carboxylic acids is 2. The number of likely N-dealkylation sites (tertiary alicyclic amines) is 1. The van der Waals surface area contributed by atoms with Crippen LogP contribution in [0.1, 0.15) is 26.7 Å². The standard InChI is InChI=1S/C19H34N4O2S/c1-15-9-16(2)12-23(11-15)19(25)13-21-4-6-22(7-5-21)18(24)10-17-14-26-8-3-20-17/h15-17,20H,3-14H2,1-2H3. The minimum Gasteiger partial charge on any atom is -0.341 e. The largest absolute Gasteiger partial charge is 0.341 e. The number of nitrogens with one attached hydrogen (secondary N) is 1. The summed E-state index contributed by atoms with van der Waals surface area (Å²) in [5.74, 6) is 3.90. The molecule has 148 valence electrons. The van der Waals surface area contributed by atoms with Gasteiger partial charge in [0, 0.05) is 69.8 Å². The lowest BCUT2D eigenvalue weighted by molar-refractivity contribution is -0.137. The van der Waals surface area contributed by atoms with Gasteiger partial charge in [-0.15, -0.1) is 0 Å². The van der Waals surface area contributed by atoms with Gasteiger partial charge in [-0.1, -0.05) is 13.8 Å². The molecule has 0 aromatic heterocycles. The number of carbonyl (C=O) groups is 2. The van der Waals surface area contributed by atoms with Crippen molar-refractivity contribution in [3.8, 4) is 0 Å². The van der Waals surface area contributed by atoms with E-state index in [1.165, 1.54) is 6.42 Å². The fourth-order valence-corrected chi connectivity index (χ4v) is 5.35. The minimum absolute atomic E-state index is 0.256. The molecule has 3 unspecified atom stereocenters. The van der Waals surface area contributed by atoms with Gasteiger partial charge < -0.3 is 15.1 Å². The van der Waals surface area contributed by atoms with E-state index >= 15 is 0 Å². The molecule has 3 fully saturated rings. The number of rotatable bonds is 4. The summed E-state index contributed by atoms with van der Waals surface area (Å²) in [6, 6.07) is 0.323. The van der Waals surface area contributed by atoms with Crippen molar-refractivity contribution in [2.24, 2.45) is 11.8 Å². The summed E-state index contributed by atoms with van der Waals surface area (Å²) < 4.78 is 0. The molecule has 2 amide bonds. The topological polar surface area (TPSA) is 55.9 Å². The van der Waals surface area contributed by atoms with E-state index in [9.17, 15) is 9.59 Å². The molecule has 0 spiro atoms. The zero-order valence-corrected chi connectivity index (χ0v) is 17.1. The molecule has 3 heterocycles. The zero-order valence-electron chi connectivity index (χ0n) is 16.3. The van der Waals surface area contributed by atoms with Crippen molar-refractivity contribution in [1.29, 1.82) is 0 Å². The SMILES string of the molecule is CC1CC(C)CN(C(=O)CN2CCN(C(=O)CC3CSCCN3)CC2)C1. The Morgan fingerprint density at radius 1 is 1.00 bits per heavy atom. The smallest absolute Gasteiger partial charge is 0.236 e. The minimum atomic E-state index is 0.256. The Hall–Kier alpha value is -0.790. The van der Waals surface area contributed by atoms with Gasteiger partial charge in [0.05, 0.1) is 6.54 Å². The maximum Gasteiger partial charge on any atom is 0.236 e. The lowest BCUT2D eigenvalue weighted by Gasteiger charge is -2.38. The maximum absolute atomic E-state index is 12.6. The van der Waals surface area contributed by atoms with E-state index < -0.39 is 0 Å². The first-order valence-corrected chi connectivity index (χ1v) is 11.3. The van der Waals surface area contributed by atoms with Gasteiger partial charge in [-0.05, 0) is 18.3 Å². The van der Waals surface area contributed by atoms with Crippen molar-refractivity contribution < 1.29 is 9.59 Å². The molecule has 0 aromatic carbocycles. The van der Waals surface area contributed by atoms with Crippen molar-refractivity contribution in [2.45, 2.75) is 32.7 Å². The Bertz CT molecular complexity index is 480. The molecule has 3 rings (SSSR count). The number of amides is 2. The summed E-state index contributed by atoms with van der Waals surface area (Å²) in [5.41, 5.74) is 0. The van der Waals surface area contributed by atoms with Gasteiger partial charge in [0.25, 0.3) is 0 Å². The van der Waals surface area contributed by atoms with Crippen LogP contribution in [-0.4, -0.2) is 96.4 Å². The summed E-state index contributed by atoms with van der Waals surface area (Å²) in [6.07, 6.45) is 1.83. The highest BCUT2D eigenvalue weighted by molar-refractivity contribution is 7.99. The molecule has 1 N–H and O–H groups in total. The maximum atomic E-state index is 12.6. The summed E-state index contributed by atoms with van der Waals surface area (Å²) in [7, 11) is 0. The number of nitrogens with zero attached hydrogens (tertiary/aromatic N) is 3. The molecule has 0 aliphatic carbocycles. The van der Waals surface area contributed by atoms with Gasteiger partial charge in [-0.3, -0.25) is 14.5 Å². The highest BCUT2D eigenvalue weighted by atomic mass is 32.2. The molecular weight excluding hydrogens is 348 g/mol. The molecule has 3 atom stereocenters. The van der Waals surface area contributed by atoms with Crippen LogP contribution in [0.4, 0.5) is 0 Å². The van der Waals surface area contributed by atoms with Gasteiger partial charge >= 0.3 is 0 Å². The predicted molar refractivity (Wildman–Crippen MR) is 106 cm³/mol. The summed E-state index contributed by atoms with van der Waals surface area (Å²) in [6.45, 7) is 10.9. The number of hydrogen-bond donors (Lipinski definition) is 1. The van der Waals surface area contributed by atoms with Gasteiger partial charge in [-0.25, -0.2) is 0 Å². The molecule has 3 aliphatic heterocycles. The van der Waals surface area contributed by atoms with Crippen LogP contribution in [0, 0.1) is 11.8 Å². The summed E-state index contributed by atoms with van der Waals surface area (Å²) in [5, 5.41) is 3.44. The Morgan fingerprint density at radius 3 is 2.31 bits per heavy atom. The Kier molecular flexibility index (Phi) is 7.23. The number of piperazine rings is 1. The first-order valence-electron chi connectivity index (χ1n) is 10.1. The third kappa shape index (κ3) is 5.60. The van der Waals surface area contributed by atoms with E-state index in [2.05, 4.69) is 24.1 Å². The van der Waals surface area contributed by atoms with E-state index in [1.807, 2.05) is 21.6 Å². The number of thioether (sulfide) groups is 1. The fourth-order valence-electron chi connectivity index (χ4n) is 4.40. The second-order valence-electron chi connectivity index (χ2n) is 8.33. The molecular formula is C19H34N4O2S. The highest BCUT2D eigenvalue weighted by Gasteiger charge is 2.29. The van der Waals surface area contributed by atoms with Crippen LogP contribution in [0.15, 0.2) is 0 Å². The van der Waals surface area contributed by atoms with Gasteiger partial charge in [0.1, 0.15) is 0 Å². The van der Waals surface area contributed by atoms with Gasteiger partial charge in [-0.2, -0.15) is 11.8 Å². The van der Waals surface area contributed by atoms with E-state index in [0.717, 1.165) is 57.3 Å². The molecule has 26 heavy (non-hydrogen) atoms. The van der Waals surface area contributed by atoms with Crippen LogP contribution in [0.2, 0.25) is 0 Å². The first-order chi connectivity index (χ1) is 12.5. The molecule has 0 bridgehead atoms. The summed E-state index contributed by atoms with van der Waals surface area (Å²) in [4.78, 5) is 31.4. The quantitative estimate of drug-likeness (QED) is 0.777. The average Bonchev–Trinajstić information content (AvgIpc) is 2.62.